The topological polar surface area (TPSA) is 57.6 Å². The molecule has 1 aliphatic carbocycles. The standard InChI is InChI=1S/C14H19NO3S/c1-9(2)15(10-5-3-4-6-10)13(16)11-7-8-12(19-11)14(17)18/h7-10H,3-6H2,1-2H3,(H,17,18). The average Bonchev–Trinajstić information content (AvgIpc) is 2.99. The minimum atomic E-state index is -0.971. The summed E-state index contributed by atoms with van der Waals surface area (Å²) in [4.78, 5) is 26.1. The number of nitrogens with zero attached hydrogens (tertiary/aromatic N) is 1. The third-order valence-electron chi connectivity index (χ3n) is 3.54. The molecule has 4 nitrogen and oxygen atoms in total. The number of carboxylic acids is 1. The largest absolute Gasteiger partial charge is 0.477 e. The number of carboxylic acid groups (broad SMARTS) is 1. The second-order valence-electron chi connectivity index (χ2n) is 5.21. The molecule has 104 valence electrons. The number of thiophene rings is 1. The van der Waals surface area contributed by atoms with Gasteiger partial charge in [-0.2, -0.15) is 0 Å². The summed E-state index contributed by atoms with van der Waals surface area (Å²) in [6.07, 6.45) is 4.46. The summed E-state index contributed by atoms with van der Waals surface area (Å²) in [7, 11) is 0. The molecule has 0 radical (unpaired) electrons. The Hall–Kier alpha value is -1.36. The van der Waals surface area contributed by atoms with Crippen LogP contribution >= 0.6 is 11.3 Å². The van der Waals surface area contributed by atoms with Gasteiger partial charge in [0.1, 0.15) is 4.88 Å². The first-order valence-corrected chi connectivity index (χ1v) is 7.48. The molecule has 0 unspecified atom stereocenters. The molecule has 1 aromatic rings. The van der Waals surface area contributed by atoms with Crippen LogP contribution in [-0.2, 0) is 0 Å². The predicted octanol–water partition coefficient (Wildman–Crippen LogP) is 3.24. The Morgan fingerprint density at radius 2 is 1.84 bits per heavy atom. The van der Waals surface area contributed by atoms with Gasteiger partial charge in [-0.3, -0.25) is 4.79 Å². The summed E-state index contributed by atoms with van der Waals surface area (Å²) in [5.41, 5.74) is 0. The van der Waals surface area contributed by atoms with E-state index >= 15 is 0 Å². The van der Waals surface area contributed by atoms with Crippen molar-refractivity contribution < 1.29 is 14.7 Å². The van der Waals surface area contributed by atoms with Gasteiger partial charge in [-0.15, -0.1) is 11.3 Å². The summed E-state index contributed by atoms with van der Waals surface area (Å²) < 4.78 is 0. The van der Waals surface area contributed by atoms with Crippen molar-refractivity contribution in [2.45, 2.75) is 51.6 Å². The highest BCUT2D eigenvalue weighted by Gasteiger charge is 2.30. The Bertz CT molecular complexity index is 475. The Kier molecular flexibility index (Phi) is 4.24. The maximum Gasteiger partial charge on any atom is 0.345 e. The van der Waals surface area contributed by atoms with Crippen molar-refractivity contribution >= 4 is 23.2 Å². The summed E-state index contributed by atoms with van der Waals surface area (Å²) >= 11 is 1.06. The first-order chi connectivity index (χ1) is 9.00. The van der Waals surface area contributed by atoms with Crippen LogP contribution in [0.15, 0.2) is 12.1 Å². The van der Waals surface area contributed by atoms with E-state index in [1.165, 1.54) is 18.9 Å². The number of carbonyl (C=O) groups is 2. The van der Waals surface area contributed by atoms with Gasteiger partial charge in [0.05, 0.1) is 4.88 Å². The van der Waals surface area contributed by atoms with Crippen LogP contribution in [0.4, 0.5) is 0 Å². The summed E-state index contributed by atoms with van der Waals surface area (Å²) in [6, 6.07) is 3.59. The maximum absolute atomic E-state index is 12.6. The summed E-state index contributed by atoms with van der Waals surface area (Å²) in [5, 5.41) is 8.92. The lowest BCUT2D eigenvalue weighted by molar-refractivity contribution is 0.0618. The zero-order valence-electron chi connectivity index (χ0n) is 11.3. The fourth-order valence-electron chi connectivity index (χ4n) is 2.70. The Morgan fingerprint density at radius 3 is 2.32 bits per heavy atom. The van der Waals surface area contributed by atoms with Crippen molar-refractivity contribution in [2.24, 2.45) is 0 Å². The van der Waals surface area contributed by atoms with Gasteiger partial charge in [0.15, 0.2) is 0 Å². The molecule has 1 N–H and O–H groups in total. The van der Waals surface area contributed by atoms with Crippen LogP contribution in [-0.4, -0.2) is 34.0 Å². The molecule has 0 bridgehead atoms. The van der Waals surface area contributed by atoms with Crippen molar-refractivity contribution in [3.8, 4) is 0 Å². The third-order valence-corrected chi connectivity index (χ3v) is 4.60. The number of carbonyl (C=O) groups excluding carboxylic acids is 1. The monoisotopic (exact) mass is 281 g/mol. The molecule has 0 saturated heterocycles. The average molecular weight is 281 g/mol. The molecule has 0 spiro atoms. The highest BCUT2D eigenvalue weighted by molar-refractivity contribution is 7.15. The highest BCUT2D eigenvalue weighted by Crippen LogP contribution is 2.28. The normalized spacial score (nSPS) is 15.9. The lowest BCUT2D eigenvalue weighted by Gasteiger charge is -2.32. The Balaban J connectivity index is 2.20. The van der Waals surface area contributed by atoms with E-state index in [4.69, 9.17) is 5.11 Å². The van der Waals surface area contributed by atoms with Gasteiger partial charge in [0, 0.05) is 12.1 Å². The molecule has 19 heavy (non-hydrogen) atoms. The van der Waals surface area contributed by atoms with E-state index in [2.05, 4.69) is 0 Å². The SMILES string of the molecule is CC(C)N(C(=O)c1ccc(C(=O)O)s1)C1CCCC1. The molecule has 2 rings (SSSR count). The number of rotatable bonds is 4. The van der Waals surface area contributed by atoms with Crippen molar-refractivity contribution in [1.82, 2.24) is 4.90 Å². The van der Waals surface area contributed by atoms with Crippen LogP contribution in [0.1, 0.15) is 58.9 Å². The molecular formula is C14H19NO3S. The minimum absolute atomic E-state index is 0.0283. The molecule has 1 amide bonds. The molecule has 1 heterocycles. The lowest BCUT2D eigenvalue weighted by atomic mass is 10.1. The fourth-order valence-corrected chi connectivity index (χ4v) is 3.49. The Morgan fingerprint density at radius 1 is 1.26 bits per heavy atom. The first-order valence-electron chi connectivity index (χ1n) is 6.66. The fraction of sp³-hybridized carbons (Fsp3) is 0.571. The van der Waals surface area contributed by atoms with Crippen molar-refractivity contribution in [1.29, 1.82) is 0 Å². The molecule has 1 fully saturated rings. The van der Waals surface area contributed by atoms with E-state index < -0.39 is 5.97 Å². The van der Waals surface area contributed by atoms with Crippen molar-refractivity contribution in [3.63, 3.8) is 0 Å². The van der Waals surface area contributed by atoms with E-state index in [1.54, 1.807) is 6.07 Å². The van der Waals surface area contributed by atoms with Gasteiger partial charge >= 0.3 is 5.97 Å². The van der Waals surface area contributed by atoms with Gasteiger partial charge in [-0.05, 0) is 38.8 Å². The van der Waals surface area contributed by atoms with Crippen molar-refractivity contribution in [2.75, 3.05) is 0 Å². The molecule has 0 atom stereocenters. The van der Waals surface area contributed by atoms with Gasteiger partial charge in [0.25, 0.3) is 5.91 Å². The smallest absolute Gasteiger partial charge is 0.345 e. The van der Waals surface area contributed by atoms with Crippen LogP contribution in [0.3, 0.4) is 0 Å². The Labute approximate surface area is 117 Å². The van der Waals surface area contributed by atoms with Gasteiger partial charge in [-0.25, -0.2) is 4.79 Å². The van der Waals surface area contributed by atoms with Crippen LogP contribution in [0.25, 0.3) is 0 Å². The number of hydrogen-bond acceptors (Lipinski definition) is 3. The quantitative estimate of drug-likeness (QED) is 0.921. The zero-order valence-corrected chi connectivity index (χ0v) is 12.1. The van der Waals surface area contributed by atoms with E-state index in [9.17, 15) is 9.59 Å². The molecular weight excluding hydrogens is 262 g/mol. The third kappa shape index (κ3) is 2.97. The molecule has 1 aromatic heterocycles. The van der Waals surface area contributed by atoms with Crippen LogP contribution in [0.2, 0.25) is 0 Å². The van der Waals surface area contributed by atoms with E-state index in [0.29, 0.717) is 10.9 Å². The van der Waals surface area contributed by atoms with Crippen molar-refractivity contribution in [3.05, 3.63) is 21.9 Å². The second kappa shape index (κ2) is 5.74. The second-order valence-corrected chi connectivity index (χ2v) is 6.30. The van der Waals surface area contributed by atoms with Gasteiger partial charge < -0.3 is 10.0 Å². The molecule has 0 aliphatic heterocycles. The summed E-state index contributed by atoms with van der Waals surface area (Å²) in [5.74, 6) is -1.000. The highest BCUT2D eigenvalue weighted by atomic mass is 32.1. The predicted molar refractivity (Wildman–Crippen MR) is 74.8 cm³/mol. The molecule has 1 aliphatic rings. The number of aromatic carboxylic acids is 1. The molecule has 5 heteroatoms. The number of amides is 1. The van der Waals surface area contributed by atoms with E-state index in [1.807, 2.05) is 18.7 Å². The van der Waals surface area contributed by atoms with Gasteiger partial charge in [0.2, 0.25) is 0 Å². The molecule has 0 aromatic carbocycles. The summed E-state index contributed by atoms with van der Waals surface area (Å²) in [6.45, 7) is 4.03. The van der Waals surface area contributed by atoms with E-state index in [0.717, 1.165) is 24.2 Å². The molecule has 1 saturated carbocycles. The minimum Gasteiger partial charge on any atom is -0.477 e. The van der Waals surface area contributed by atoms with Gasteiger partial charge in [-0.1, -0.05) is 12.8 Å². The van der Waals surface area contributed by atoms with Crippen LogP contribution in [0.5, 0.6) is 0 Å². The number of hydrogen-bond donors (Lipinski definition) is 1. The van der Waals surface area contributed by atoms with E-state index in [-0.39, 0.29) is 16.8 Å². The zero-order chi connectivity index (χ0) is 14.0. The van der Waals surface area contributed by atoms with Crippen LogP contribution < -0.4 is 0 Å². The lowest BCUT2D eigenvalue weighted by Crippen LogP contribution is -2.43. The maximum atomic E-state index is 12.6. The van der Waals surface area contributed by atoms with Crippen LogP contribution in [0, 0.1) is 0 Å². The first kappa shape index (κ1) is 14.1.